The quantitative estimate of drug-likeness (QED) is 0.846. The molecular formula is C15H24N6O. The number of hydrogen-bond acceptors (Lipinski definition) is 6. The Bertz CT molecular complexity index is 660. The summed E-state index contributed by atoms with van der Waals surface area (Å²) in [5, 5.41) is 8.53. The van der Waals surface area contributed by atoms with E-state index in [-0.39, 0.29) is 17.6 Å². The molecule has 0 spiro atoms. The van der Waals surface area contributed by atoms with Crippen LogP contribution in [0.5, 0.6) is 0 Å². The van der Waals surface area contributed by atoms with E-state index in [0.717, 1.165) is 30.1 Å². The van der Waals surface area contributed by atoms with Crippen LogP contribution in [0, 0.1) is 5.41 Å². The Morgan fingerprint density at radius 1 is 1.27 bits per heavy atom. The van der Waals surface area contributed by atoms with Crippen molar-refractivity contribution >= 4 is 17.0 Å². The van der Waals surface area contributed by atoms with Crippen molar-refractivity contribution in [3.05, 3.63) is 6.33 Å². The fraction of sp³-hybridized carbons (Fsp3) is 0.733. The van der Waals surface area contributed by atoms with Gasteiger partial charge >= 0.3 is 0 Å². The van der Waals surface area contributed by atoms with Crippen LogP contribution in [-0.4, -0.2) is 50.8 Å². The Morgan fingerprint density at radius 2 is 2.05 bits per heavy atom. The van der Waals surface area contributed by atoms with Crippen molar-refractivity contribution in [1.29, 1.82) is 0 Å². The second kappa shape index (κ2) is 5.46. The molecule has 0 radical (unpaired) electrons. The first-order valence-corrected chi connectivity index (χ1v) is 7.80. The summed E-state index contributed by atoms with van der Waals surface area (Å²) in [6.07, 6.45) is 1.77. The second-order valence-electron chi connectivity index (χ2n) is 7.17. The molecule has 1 aliphatic rings. The maximum atomic E-state index is 5.92. The van der Waals surface area contributed by atoms with Gasteiger partial charge in [0.1, 0.15) is 6.33 Å². The monoisotopic (exact) mass is 304 g/mol. The van der Waals surface area contributed by atoms with E-state index in [1.54, 1.807) is 6.33 Å². The fourth-order valence-corrected chi connectivity index (χ4v) is 2.70. The molecule has 7 nitrogen and oxygen atoms in total. The van der Waals surface area contributed by atoms with Crippen LogP contribution in [0.4, 0.5) is 5.82 Å². The minimum atomic E-state index is 0.0976. The van der Waals surface area contributed by atoms with E-state index in [4.69, 9.17) is 4.74 Å². The Hall–Kier alpha value is -1.76. The van der Waals surface area contributed by atoms with E-state index in [2.05, 4.69) is 59.8 Å². The molecule has 3 heterocycles. The summed E-state index contributed by atoms with van der Waals surface area (Å²) in [5.41, 5.74) is 1.66. The maximum Gasteiger partial charge on any atom is 0.184 e. The summed E-state index contributed by atoms with van der Waals surface area (Å²) in [4.78, 5) is 11.1. The third-order valence-corrected chi connectivity index (χ3v) is 4.06. The molecule has 1 aliphatic heterocycles. The van der Waals surface area contributed by atoms with Crippen LogP contribution in [0.25, 0.3) is 11.2 Å². The second-order valence-corrected chi connectivity index (χ2v) is 7.17. The Labute approximate surface area is 130 Å². The van der Waals surface area contributed by atoms with Crippen molar-refractivity contribution in [3.8, 4) is 0 Å². The molecule has 0 amide bonds. The standard InChI is InChI=1S/C15H24N6O/c1-10(2)21-14-12(18-19-21)13(16-9-17-14)20-6-7-22-11(8-20)15(3,4)5/h9-11H,6-8H2,1-5H3. The van der Waals surface area contributed by atoms with Crippen LogP contribution < -0.4 is 4.90 Å². The molecule has 1 saturated heterocycles. The summed E-state index contributed by atoms with van der Waals surface area (Å²) in [7, 11) is 0. The third-order valence-electron chi connectivity index (χ3n) is 4.06. The number of aromatic nitrogens is 5. The zero-order chi connectivity index (χ0) is 15.9. The van der Waals surface area contributed by atoms with Gasteiger partial charge in [-0.3, -0.25) is 0 Å². The number of nitrogens with zero attached hydrogens (tertiary/aromatic N) is 6. The first kappa shape index (κ1) is 15.1. The average molecular weight is 304 g/mol. The van der Waals surface area contributed by atoms with E-state index >= 15 is 0 Å². The third kappa shape index (κ3) is 2.65. The number of ether oxygens (including phenoxy) is 1. The molecule has 0 aliphatic carbocycles. The Balaban J connectivity index is 1.96. The van der Waals surface area contributed by atoms with Crippen LogP contribution in [0.15, 0.2) is 6.33 Å². The molecule has 1 fully saturated rings. The molecule has 0 saturated carbocycles. The van der Waals surface area contributed by atoms with Gasteiger partial charge in [0.05, 0.1) is 18.8 Å². The molecule has 7 heteroatoms. The number of hydrogen-bond donors (Lipinski definition) is 0. The van der Waals surface area contributed by atoms with E-state index in [1.165, 1.54) is 0 Å². The van der Waals surface area contributed by atoms with Crippen molar-refractivity contribution in [3.63, 3.8) is 0 Å². The molecule has 120 valence electrons. The SMILES string of the molecule is CC(C)n1nnc2c(N3CCOC(C(C)(C)C)C3)ncnc21. The van der Waals surface area contributed by atoms with Crippen LogP contribution in [-0.2, 0) is 4.74 Å². The predicted molar refractivity (Wildman–Crippen MR) is 84.9 cm³/mol. The van der Waals surface area contributed by atoms with Gasteiger partial charge in [0.2, 0.25) is 0 Å². The van der Waals surface area contributed by atoms with Gasteiger partial charge in [0, 0.05) is 13.1 Å². The van der Waals surface area contributed by atoms with Gasteiger partial charge in [-0.25, -0.2) is 14.6 Å². The minimum absolute atomic E-state index is 0.0976. The van der Waals surface area contributed by atoms with Crippen molar-refractivity contribution in [2.75, 3.05) is 24.6 Å². The van der Waals surface area contributed by atoms with Gasteiger partial charge in [0.25, 0.3) is 0 Å². The lowest BCUT2D eigenvalue weighted by Crippen LogP contribution is -2.48. The van der Waals surface area contributed by atoms with E-state index in [9.17, 15) is 0 Å². The molecule has 22 heavy (non-hydrogen) atoms. The van der Waals surface area contributed by atoms with E-state index < -0.39 is 0 Å². The highest BCUT2D eigenvalue weighted by molar-refractivity contribution is 5.82. The lowest BCUT2D eigenvalue weighted by atomic mass is 9.88. The number of anilines is 1. The molecule has 0 bridgehead atoms. The first-order valence-electron chi connectivity index (χ1n) is 7.80. The summed E-state index contributed by atoms with van der Waals surface area (Å²) in [6.45, 7) is 13.1. The molecule has 2 aromatic heterocycles. The Morgan fingerprint density at radius 3 is 2.73 bits per heavy atom. The molecule has 0 N–H and O–H groups in total. The van der Waals surface area contributed by atoms with E-state index in [1.807, 2.05) is 4.68 Å². The smallest absolute Gasteiger partial charge is 0.184 e. The highest BCUT2D eigenvalue weighted by atomic mass is 16.5. The molecule has 3 rings (SSSR count). The first-order chi connectivity index (χ1) is 10.4. The number of fused-ring (bicyclic) bond motifs is 1. The van der Waals surface area contributed by atoms with Crippen molar-refractivity contribution in [2.24, 2.45) is 5.41 Å². The van der Waals surface area contributed by atoms with Gasteiger partial charge in [-0.2, -0.15) is 0 Å². The lowest BCUT2D eigenvalue weighted by molar-refractivity contribution is -0.0267. The van der Waals surface area contributed by atoms with Crippen LogP contribution in [0.3, 0.4) is 0 Å². The number of morpholine rings is 1. The Kier molecular flexibility index (Phi) is 3.76. The normalized spacial score (nSPS) is 20.1. The zero-order valence-corrected chi connectivity index (χ0v) is 13.9. The maximum absolute atomic E-state index is 5.92. The van der Waals surface area contributed by atoms with Crippen molar-refractivity contribution < 1.29 is 4.74 Å². The largest absolute Gasteiger partial charge is 0.374 e. The van der Waals surface area contributed by atoms with Gasteiger partial charge in [-0.05, 0) is 19.3 Å². The highest BCUT2D eigenvalue weighted by Gasteiger charge is 2.32. The van der Waals surface area contributed by atoms with Crippen LogP contribution in [0.2, 0.25) is 0 Å². The molecule has 2 aromatic rings. The molecule has 1 atom stereocenters. The van der Waals surface area contributed by atoms with Crippen molar-refractivity contribution in [2.45, 2.75) is 46.8 Å². The number of rotatable bonds is 2. The lowest BCUT2D eigenvalue weighted by Gasteiger charge is -2.39. The van der Waals surface area contributed by atoms with Crippen LogP contribution in [0.1, 0.15) is 40.7 Å². The summed E-state index contributed by atoms with van der Waals surface area (Å²) in [6, 6.07) is 0.222. The van der Waals surface area contributed by atoms with Gasteiger partial charge in [-0.15, -0.1) is 5.10 Å². The minimum Gasteiger partial charge on any atom is -0.374 e. The summed E-state index contributed by atoms with van der Waals surface area (Å²) in [5.74, 6) is 0.856. The zero-order valence-electron chi connectivity index (χ0n) is 13.9. The van der Waals surface area contributed by atoms with Gasteiger partial charge in [-0.1, -0.05) is 26.0 Å². The molecular weight excluding hydrogens is 280 g/mol. The fourth-order valence-electron chi connectivity index (χ4n) is 2.70. The van der Waals surface area contributed by atoms with Gasteiger partial charge in [0.15, 0.2) is 17.0 Å². The molecule has 0 aromatic carbocycles. The summed E-state index contributed by atoms with van der Waals surface area (Å²) >= 11 is 0. The topological polar surface area (TPSA) is 69.0 Å². The molecule has 1 unspecified atom stereocenters. The highest BCUT2D eigenvalue weighted by Crippen LogP contribution is 2.29. The predicted octanol–water partition coefficient (Wildman–Crippen LogP) is 2.05. The van der Waals surface area contributed by atoms with Gasteiger partial charge < -0.3 is 9.64 Å². The van der Waals surface area contributed by atoms with Crippen molar-refractivity contribution in [1.82, 2.24) is 25.0 Å². The average Bonchev–Trinajstić information content (AvgIpc) is 2.90. The summed E-state index contributed by atoms with van der Waals surface area (Å²) < 4.78 is 7.76. The van der Waals surface area contributed by atoms with Crippen LogP contribution >= 0.6 is 0 Å². The van der Waals surface area contributed by atoms with E-state index in [0.29, 0.717) is 6.61 Å².